The molecule has 0 amide bonds. The van der Waals surface area contributed by atoms with E-state index in [0.717, 1.165) is 12.1 Å². The van der Waals surface area contributed by atoms with Crippen molar-refractivity contribution in [1.82, 2.24) is 0 Å². The smallest absolute Gasteiger partial charge is 0.142 e. The zero-order chi connectivity index (χ0) is 15.4. The number of hydrogen-bond donors (Lipinski definition) is 2. The van der Waals surface area contributed by atoms with Crippen LogP contribution in [0.15, 0.2) is 36.4 Å². The fourth-order valence-corrected chi connectivity index (χ4v) is 2.13. The Morgan fingerprint density at radius 2 is 1.90 bits per heavy atom. The fraction of sp³-hybridized carbons (Fsp3) is 0.200. The van der Waals surface area contributed by atoms with Gasteiger partial charge in [0.05, 0.1) is 18.4 Å². The first-order chi connectivity index (χ1) is 10.0. The summed E-state index contributed by atoms with van der Waals surface area (Å²) < 4.78 is 32.3. The van der Waals surface area contributed by atoms with Gasteiger partial charge in [0.2, 0.25) is 0 Å². The molecule has 0 bridgehead atoms. The summed E-state index contributed by atoms with van der Waals surface area (Å²) in [6, 6.07) is 8.35. The van der Waals surface area contributed by atoms with Crippen molar-refractivity contribution in [3.8, 4) is 5.75 Å². The Bertz CT molecular complexity index is 617. The molecule has 2 N–H and O–H groups in total. The number of aliphatic hydroxyl groups is 1. The molecule has 0 aliphatic rings. The molecule has 0 fully saturated rings. The first-order valence-electron chi connectivity index (χ1n) is 6.22. The molecule has 3 nitrogen and oxygen atoms in total. The van der Waals surface area contributed by atoms with Gasteiger partial charge >= 0.3 is 0 Å². The third-order valence-electron chi connectivity index (χ3n) is 2.98. The highest BCUT2D eigenvalue weighted by molar-refractivity contribution is 6.30. The molecular weight excluding hydrogens is 300 g/mol. The molecule has 112 valence electrons. The zero-order valence-electron chi connectivity index (χ0n) is 11.2. The second-order valence-corrected chi connectivity index (χ2v) is 4.81. The summed E-state index contributed by atoms with van der Waals surface area (Å²) in [6.07, 6.45) is -1.34. The van der Waals surface area contributed by atoms with Gasteiger partial charge in [0.25, 0.3) is 0 Å². The van der Waals surface area contributed by atoms with Crippen molar-refractivity contribution in [2.24, 2.45) is 0 Å². The summed E-state index contributed by atoms with van der Waals surface area (Å²) in [5.74, 6) is -1.06. The third kappa shape index (κ3) is 3.62. The van der Waals surface area contributed by atoms with E-state index in [-0.39, 0.29) is 12.1 Å². The van der Waals surface area contributed by atoms with Crippen LogP contribution in [0.3, 0.4) is 0 Å². The number of methoxy groups -OCH3 is 1. The summed E-state index contributed by atoms with van der Waals surface area (Å²) in [5.41, 5.74) is 0.159. The predicted molar refractivity (Wildman–Crippen MR) is 77.8 cm³/mol. The molecule has 0 saturated carbocycles. The van der Waals surface area contributed by atoms with Crippen LogP contribution < -0.4 is 10.1 Å². The van der Waals surface area contributed by atoms with E-state index in [2.05, 4.69) is 5.32 Å². The van der Waals surface area contributed by atoms with Crippen LogP contribution in [-0.2, 0) is 0 Å². The van der Waals surface area contributed by atoms with E-state index in [9.17, 15) is 13.9 Å². The molecule has 21 heavy (non-hydrogen) atoms. The molecule has 0 saturated heterocycles. The number of rotatable bonds is 5. The Hall–Kier alpha value is -1.85. The van der Waals surface area contributed by atoms with Gasteiger partial charge in [-0.25, -0.2) is 8.78 Å². The van der Waals surface area contributed by atoms with E-state index in [1.54, 1.807) is 18.2 Å². The second kappa shape index (κ2) is 6.74. The number of aliphatic hydroxyl groups excluding tert-OH is 1. The standard InChI is InChI=1S/C15H14ClF2NO2/c1-21-14-6-5-9(16)7-12(14)19-8-13(20)15-10(17)3-2-4-11(15)18/h2-7,13,19-20H,8H2,1H3. The molecule has 0 aromatic heterocycles. The van der Waals surface area contributed by atoms with E-state index < -0.39 is 17.7 Å². The minimum atomic E-state index is -1.34. The third-order valence-corrected chi connectivity index (χ3v) is 3.22. The lowest BCUT2D eigenvalue weighted by Crippen LogP contribution is -2.15. The van der Waals surface area contributed by atoms with Crippen LogP contribution in [0.1, 0.15) is 11.7 Å². The summed E-state index contributed by atoms with van der Waals surface area (Å²) in [6.45, 7) is -0.0887. The monoisotopic (exact) mass is 313 g/mol. The van der Waals surface area contributed by atoms with E-state index in [0.29, 0.717) is 16.5 Å². The van der Waals surface area contributed by atoms with Gasteiger partial charge in [-0.3, -0.25) is 0 Å². The maximum atomic E-state index is 13.6. The molecule has 0 spiro atoms. The highest BCUT2D eigenvalue weighted by atomic mass is 35.5. The number of hydrogen-bond acceptors (Lipinski definition) is 3. The van der Waals surface area contributed by atoms with Crippen molar-refractivity contribution >= 4 is 17.3 Å². The van der Waals surface area contributed by atoms with Gasteiger partial charge in [-0.1, -0.05) is 17.7 Å². The minimum Gasteiger partial charge on any atom is -0.495 e. The Balaban J connectivity index is 2.14. The van der Waals surface area contributed by atoms with Crippen molar-refractivity contribution in [3.63, 3.8) is 0 Å². The fourth-order valence-electron chi connectivity index (χ4n) is 1.96. The van der Waals surface area contributed by atoms with E-state index in [1.807, 2.05) is 0 Å². The van der Waals surface area contributed by atoms with Crippen molar-refractivity contribution in [2.45, 2.75) is 6.10 Å². The van der Waals surface area contributed by atoms with Crippen LogP contribution in [0, 0.1) is 11.6 Å². The molecule has 1 atom stereocenters. The summed E-state index contributed by atoms with van der Waals surface area (Å²) in [7, 11) is 1.49. The van der Waals surface area contributed by atoms with Gasteiger partial charge in [0.1, 0.15) is 23.5 Å². The van der Waals surface area contributed by atoms with Crippen LogP contribution in [0.5, 0.6) is 5.75 Å². The molecule has 0 radical (unpaired) electrons. The van der Waals surface area contributed by atoms with Crippen LogP contribution in [0.4, 0.5) is 14.5 Å². The van der Waals surface area contributed by atoms with E-state index in [1.165, 1.54) is 13.2 Å². The maximum absolute atomic E-state index is 13.6. The van der Waals surface area contributed by atoms with Crippen molar-refractivity contribution < 1.29 is 18.6 Å². The Morgan fingerprint density at radius 1 is 1.24 bits per heavy atom. The lowest BCUT2D eigenvalue weighted by molar-refractivity contribution is 0.181. The quantitative estimate of drug-likeness (QED) is 0.883. The van der Waals surface area contributed by atoms with Gasteiger partial charge < -0.3 is 15.2 Å². The molecule has 2 rings (SSSR count). The van der Waals surface area contributed by atoms with Crippen LogP contribution in [0.25, 0.3) is 0 Å². The van der Waals surface area contributed by atoms with Gasteiger partial charge in [-0.2, -0.15) is 0 Å². The largest absolute Gasteiger partial charge is 0.495 e. The lowest BCUT2D eigenvalue weighted by Gasteiger charge is -2.16. The molecule has 2 aromatic rings. The highest BCUT2D eigenvalue weighted by Crippen LogP contribution is 2.29. The Kier molecular flexibility index (Phi) is 4.98. The Labute approximate surface area is 126 Å². The predicted octanol–water partition coefficient (Wildman–Crippen LogP) is 3.77. The SMILES string of the molecule is COc1ccc(Cl)cc1NCC(O)c1c(F)cccc1F. The van der Waals surface area contributed by atoms with Gasteiger partial charge in [-0.05, 0) is 30.3 Å². The highest BCUT2D eigenvalue weighted by Gasteiger charge is 2.18. The molecule has 1 unspecified atom stereocenters. The van der Waals surface area contributed by atoms with Crippen molar-refractivity contribution in [1.29, 1.82) is 0 Å². The molecular formula is C15H14ClF2NO2. The lowest BCUT2D eigenvalue weighted by atomic mass is 10.1. The summed E-state index contributed by atoms with van der Waals surface area (Å²) in [4.78, 5) is 0. The number of benzene rings is 2. The molecule has 2 aromatic carbocycles. The normalized spacial score (nSPS) is 12.0. The van der Waals surface area contributed by atoms with Crippen LogP contribution in [-0.4, -0.2) is 18.8 Å². The van der Waals surface area contributed by atoms with Gasteiger partial charge in [0.15, 0.2) is 0 Å². The molecule has 0 aliphatic carbocycles. The second-order valence-electron chi connectivity index (χ2n) is 4.38. The van der Waals surface area contributed by atoms with Crippen LogP contribution >= 0.6 is 11.6 Å². The molecule has 6 heteroatoms. The van der Waals surface area contributed by atoms with E-state index >= 15 is 0 Å². The number of ether oxygens (including phenoxy) is 1. The number of halogens is 3. The average molecular weight is 314 g/mol. The summed E-state index contributed by atoms with van der Waals surface area (Å²) in [5, 5.41) is 13.3. The first kappa shape index (κ1) is 15.5. The van der Waals surface area contributed by atoms with E-state index in [4.69, 9.17) is 16.3 Å². The molecule has 0 aliphatic heterocycles. The van der Waals surface area contributed by atoms with Crippen molar-refractivity contribution in [3.05, 3.63) is 58.6 Å². The minimum absolute atomic E-state index is 0.0887. The summed E-state index contributed by atoms with van der Waals surface area (Å²) >= 11 is 5.88. The molecule has 0 heterocycles. The number of anilines is 1. The average Bonchev–Trinajstić information content (AvgIpc) is 2.45. The Morgan fingerprint density at radius 3 is 2.52 bits per heavy atom. The van der Waals surface area contributed by atoms with Crippen molar-refractivity contribution in [2.75, 3.05) is 19.0 Å². The zero-order valence-corrected chi connectivity index (χ0v) is 12.0. The number of nitrogens with one attached hydrogen (secondary N) is 1. The van der Waals surface area contributed by atoms with Gasteiger partial charge in [0, 0.05) is 11.6 Å². The first-order valence-corrected chi connectivity index (χ1v) is 6.60. The maximum Gasteiger partial charge on any atom is 0.142 e. The van der Waals surface area contributed by atoms with Crippen LogP contribution in [0.2, 0.25) is 5.02 Å². The van der Waals surface area contributed by atoms with Gasteiger partial charge in [-0.15, -0.1) is 0 Å². The topological polar surface area (TPSA) is 41.5 Å².